The molecule has 184 valence electrons. The fraction of sp³-hybridized carbons (Fsp3) is 0.586. The predicted octanol–water partition coefficient (Wildman–Crippen LogP) is 6.26. The third kappa shape index (κ3) is 5.62. The molecule has 0 saturated heterocycles. The number of ether oxygens (including phenoxy) is 1. The molecular weight excluding hydrogens is 412 g/mol. The highest BCUT2D eigenvalue weighted by Gasteiger charge is 2.44. The molecule has 0 bridgehead atoms. The van der Waals surface area contributed by atoms with Crippen molar-refractivity contribution in [1.29, 1.82) is 0 Å². The van der Waals surface area contributed by atoms with E-state index in [1.807, 2.05) is 0 Å². The van der Waals surface area contributed by atoms with Crippen LogP contribution in [0.3, 0.4) is 0 Å². The standard InChI is InChI=1S/C29H44O4/c1-18(2)22-11-9-12-23(19(3)4)26(22)28(29(15-30,16-31)17-32)33-27-24(20(5)6)13-10-14-25(27)21(7)8/h9-14,18-21,28,30-32H,15-17H2,1-8H3. The van der Waals surface area contributed by atoms with Gasteiger partial charge in [-0.3, -0.25) is 0 Å². The van der Waals surface area contributed by atoms with Crippen LogP contribution in [0.15, 0.2) is 36.4 Å². The third-order valence-corrected chi connectivity index (χ3v) is 6.74. The second-order valence-electron chi connectivity index (χ2n) is 10.6. The van der Waals surface area contributed by atoms with Gasteiger partial charge < -0.3 is 20.1 Å². The predicted molar refractivity (Wildman–Crippen MR) is 136 cm³/mol. The molecule has 0 amide bonds. The monoisotopic (exact) mass is 456 g/mol. The lowest BCUT2D eigenvalue weighted by Crippen LogP contribution is -2.43. The summed E-state index contributed by atoms with van der Waals surface area (Å²) in [5.74, 6) is 1.68. The minimum Gasteiger partial charge on any atom is -0.484 e. The number of hydrogen-bond acceptors (Lipinski definition) is 4. The van der Waals surface area contributed by atoms with E-state index in [4.69, 9.17) is 4.74 Å². The van der Waals surface area contributed by atoms with Crippen LogP contribution in [0, 0.1) is 5.41 Å². The topological polar surface area (TPSA) is 69.9 Å². The Balaban J connectivity index is 2.92. The number of benzene rings is 2. The molecule has 4 heteroatoms. The maximum absolute atomic E-state index is 10.5. The molecule has 0 radical (unpaired) electrons. The normalized spacial score (nSPS) is 13.4. The second-order valence-corrected chi connectivity index (χ2v) is 10.6. The quantitative estimate of drug-likeness (QED) is 0.373. The molecule has 33 heavy (non-hydrogen) atoms. The molecule has 0 aliphatic carbocycles. The van der Waals surface area contributed by atoms with E-state index in [2.05, 4.69) is 91.8 Å². The minimum absolute atomic E-state index is 0.212. The zero-order valence-electron chi connectivity index (χ0n) is 21.7. The van der Waals surface area contributed by atoms with Gasteiger partial charge in [-0.1, -0.05) is 91.8 Å². The Morgan fingerprint density at radius 1 is 0.606 bits per heavy atom. The van der Waals surface area contributed by atoms with E-state index in [1.165, 1.54) is 0 Å². The molecule has 0 heterocycles. The summed E-state index contributed by atoms with van der Waals surface area (Å²) in [5.41, 5.74) is 4.11. The Bertz CT molecular complexity index is 834. The highest BCUT2D eigenvalue weighted by molar-refractivity contribution is 5.47. The van der Waals surface area contributed by atoms with E-state index in [0.29, 0.717) is 0 Å². The largest absolute Gasteiger partial charge is 0.484 e. The first-order chi connectivity index (χ1) is 15.5. The summed E-state index contributed by atoms with van der Waals surface area (Å²) in [5, 5.41) is 31.5. The third-order valence-electron chi connectivity index (χ3n) is 6.74. The Labute approximate surface area is 200 Å². The van der Waals surface area contributed by atoms with Gasteiger partial charge in [0.15, 0.2) is 0 Å². The molecule has 4 nitrogen and oxygen atoms in total. The highest BCUT2D eigenvalue weighted by atomic mass is 16.5. The van der Waals surface area contributed by atoms with Gasteiger partial charge in [0.25, 0.3) is 0 Å². The molecule has 0 spiro atoms. The smallest absolute Gasteiger partial charge is 0.137 e. The Kier molecular flexibility index (Phi) is 9.54. The van der Waals surface area contributed by atoms with Crippen LogP contribution in [-0.4, -0.2) is 35.1 Å². The van der Waals surface area contributed by atoms with Crippen LogP contribution in [0.5, 0.6) is 5.75 Å². The van der Waals surface area contributed by atoms with E-state index in [1.54, 1.807) is 0 Å². The van der Waals surface area contributed by atoms with Crippen LogP contribution in [-0.2, 0) is 0 Å². The minimum atomic E-state index is -1.24. The average Bonchev–Trinajstić information content (AvgIpc) is 2.78. The molecule has 1 unspecified atom stereocenters. The molecule has 0 fully saturated rings. The molecule has 2 aromatic rings. The van der Waals surface area contributed by atoms with E-state index >= 15 is 0 Å². The molecule has 0 aromatic heterocycles. The first-order valence-corrected chi connectivity index (χ1v) is 12.3. The highest BCUT2D eigenvalue weighted by Crippen LogP contribution is 2.46. The summed E-state index contributed by atoms with van der Waals surface area (Å²) in [4.78, 5) is 0. The fourth-order valence-electron chi connectivity index (χ4n) is 4.54. The van der Waals surface area contributed by atoms with Gasteiger partial charge in [0.05, 0.1) is 25.2 Å². The fourth-order valence-corrected chi connectivity index (χ4v) is 4.54. The van der Waals surface area contributed by atoms with Crippen LogP contribution in [0.4, 0.5) is 0 Å². The van der Waals surface area contributed by atoms with Gasteiger partial charge in [-0.25, -0.2) is 0 Å². The zero-order chi connectivity index (χ0) is 24.9. The second kappa shape index (κ2) is 11.5. The lowest BCUT2D eigenvalue weighted by atomic mass is 9.74. The van der Waals surface area contributed by atoms with Crippen molar-refractivity contribution in [1.82, 2.24) is 0 Å². The summed E-state index contributed by atoms with van der Waals surface area (Å²) in [7, 11) is 0. The summed E-state index contributed by atoms with van der Waals surface area (Å²) < 4.78 is 6.93. The van der Waals surface area contributed by atoms with Crippen LogP contribution < -0.4 is 4.74 Å². The summed E-state index contributed by atoms with van der Waals surface area (Å²) in [6.07, 6.45) is -0.717. The summed E-state index contributed by atoms with van der Waals surface area (Å²) in [6, 6.07) is 12.5. The van der Waals surface area contributed by atoms with Crippen LogP contribution in [0.25, 0.3) is 0 Å². The molecule has 0 saturated carbocycles. The molecule has 2 aromatic carbocycles. The number of hydrogen-bond donors (Lipinski definition) is 3. The van der Waals surface area contributed by atoms with Gasteiger partial charge in [0.1, 0.15) is 11.9 Å². The molecule has 3 N–H and O–H groups in total. The lowest BCUT2D eigenvalue weighted by Gasteiger charge is -2.40. The van der Waals surface area contributed by atoms with Crippen LogP contribution >= 0.6 is 0 Å². The zero-order valence-corrected chi connectivity index (χ0v) is 21.7. The summed E-state index contributed by atoms with van der Waals surface area (Å²) in [6.45, 7) is 15.9. The van der Waals surface area contributed by atoms with Crippen molar-refractivity contribution >= 4 is 0 Å². The van der Waals surface area contributed by atoms with Gasteiger partial charge in [0.2, 0.25) is 0 Å². The lowest BCUT2D eigenvalue weighted by molar-refractivity contribution is -0.0755. The number of para-hydroxylation sites is 1. The molecule has 2 rings (SSSR count). The van der Waals surface area contributed by atoms with Gasteiger partial charge in [-0.2, -0.15) is 0 Å². The van der Waals surface area contributed by atoms with Crippen LogP contribution in [0.2, 0.25) is 0 Å². The van der Waals surface area contributed by atoms with Crippen LogP contribution in [0.1, 0.15) is 113 Å². The number of aliphatic hydroxyl groups is 3. The van der Waals surface area contributed by atoms with Crippen molar-refractivity contribution in [3.05, 3.63) is 64.2 Å². The SMILES string of the molecule is CC(C)c1cccc(C(C)C)c1OC(c1c(C(C)C)cccc1C(C)C)C(CO)(CO)CO. The maximum Gasteiger partial charge on any atom is 0.137 e. The van der Waals surface area contributed by atoms with Crippen molar-refractivity contribution in [2.24, 2.45) is 5.41 Å². The van der Waals surface area contributed by atoms with E-state index in [-0.39, 0.29) is 23.7 Å². The molecule has 0 aliphatic heterocycles. The molecule has 1 atom stereocenters. The van der Waals surface area contributed by atoms with Gasteiger partial charge in [0, 0.05) is 5.56 Å². The van der Waals surface area contributed by atoms with E-state index in [0.717, 1.165) is 33.6 Å². The molecular formula is C29H44O4. The van der Waals surface area contributed by atoms with E-state index in [9.17, 15) is 15.3 Å². The first-order valence-electron chi connectivity index (χ1n) is 12.3. The Morgan fingerprint density at radius 3 is 1.24 bits per heavy atom. The van der Waals surface area contributed by atoms with Gasteiger partial charge in [-0.05, 0) is 45.9 Å². The van der Waals surface area contributed by atoms with Crippen molar-refractivity contribution in [2.75, 3.05) is 19.8 Å². The van der Waals surface area contributed by atoms with Crippen molar-refractivity contribution in [2.45, 2.75) is 85.2 Å². The van der Waals surface area contributed by atoms with E-state index < -0.39 is 31.3 Å². The summed E-state index contributed by atoms with van der Waals surface area (Å²) >= 11 is 0. The van der Waals surface area contributed by atoms with Crippen molar-refractivity contribution in [3.63, 3.8) is 0 Å². The first kappa shape index (κ1) is 27.4. The molecule has 0 aliphatic rings. The Morgan fingerprint density at radius 2 is 0.939 bits per heavy atom. The Hall–Kier alpha value is -1.88. The van der Waals surface area contributed by atoms with Crippen molar-refractivity contribution < 1.29 is 20.1 Å². The van der Waals surface area contributed by atoms with Gasteiger partial charge >= 0.3 is 0 Å². The maximum atomic E-state index is 10.5. The number of aliphatic hydroxyl groups excluding tert-OH is 3. The average molecular weight is 457 g/mol. The van der Waals surface area contributed by atoms with Gasteiger partial charge in [-0.15, -0.1) is 0 Å². The number of rotatable bonds is 11. The van der Waals surface area contributed by atoms with Crippen molar-refractivity contribution in [3.8, 4) is 5.75 Å².